The Morgan fingerprint density at radius 1 is 0.833 bits per heavy atom. The maximum absolute atomic E-state index is 13.6. The van der Waals surface area contributed by atoms with Gasteiger partial charge in [0, 0.05) is 42.5 Å². The van der Waals surface area contributed by atoms with Crippen LogP contribution in [-0.2, 0) is 0 Å². The Hall–Kier alpha value is -4.60. The molecule has 10 heteroatoms. The summed E-state index contributed by atoms with van der Waals surface area (Å²) in [6, 6.07) is 12.7. The van der Waals surface area contributed by atoms with E-state index in [1.807, 2.05) is 0 Å². The number of hydrogen-bond acceptors (Lipinski definition) is 6. The van der Waals surface area contributed by atoms with Crippen molar-refractivity contribution in [3.8, 4) is 28.7 Å². The Balaban J connectivity index is 1.57. The number of methoxy groups -OCH3 is 3. The minimum absolute atomic E-state index is 0.182. The van der Waals surface area contributed by atoms with E-state index in [0.29, 0.717) is 45.3 Å². The molecule has 0 atom stereocenters. The van der Waals surface area contributed by atoms with Crippen LogP contribution in [0, 0.1) is 11.6 Å². The van der Waals surface area contributed by atoms with Gasteiger partial charge in [-0.3, -0.25) is 9.88 Å². The predicted octanol–water partition coefficient (Wildman–Crippen LogP) is 6.00. The Kier molecular flexibility index (Phi) is 7.05. The highest BCUT2D eigenvalue weighted by atomic mass is 19.2. The van der Waals surface area contributed by atoms with Crippen LogP contribution in [0.1, 0.15) is 0 Å². The van der Waals surface area contributed by atoms with E-state index >= 15 is 0 Å². The smallest absolute Gasteiger partial charge is 0.326 e. The number of nitrogens with one attached hydrogen (secondary N) is 1. The summed E-state index contributed by atoms with van der Waals surface area (Å²) < 4.78 is 49.0. The van der Waals surface area contributed by atoms with Crippen LogP contribution < -0.4 is 29.2 Å². The number of carbonyl (C=O) groups is 1. The van der Waals surface area contributed by atoms with E-state index in [2.05, 4.69) is 10.3 Å². The van der Waals surface area contributed by atoms with Gasteiger partial charge in [0.15, 0.2) is 23.1 Å². The van der Waals surface area contributed by atoms with Crippen LogP contribution in [0.4, 0.5) is 25.0 Å². The molecule has 186 valence electrons. The van der Waals surface area contributed by atoms with Crippen LogP contribution in [0.25, 0.3) is 10.9 Å². The van der Waals surface area contributed by atoms with Crippen molar-refractivity contribution in [1.82, 2.24) is 4.98 Å². The molecule has 4 aromatic rings. The summed E-state index contributed by atoms with van der Waals surface area (Å²) in [5, 5.41) is 3.40. The maximum Gasteiger partial charge on any atom is 0.326 e. The third-order valence-electron chi connectivity index (χ3n) is 5.44. The van der Waals surface area contributed by atoms with Gasteiger partial charge in [-0.1, -0.05) is 0 Å². The molecule has 0 fully saturated rings. The lowest BCUT2D eigenvalue weighted by molar-refractivity contribution is 0.258. The number of ether oxygens (including phenoxy) is 4. The van der Waals surface area contributed by atoms with Crippen molar-refractivity contribution in [3.63, 3.8) is 0 Å². The Bertz CT molecular complexity index is 1430. The molecular weight excluding hydrogens is 472 g/mol. The molecule has 2 amide bonds. The number of nitrogens with zero attached hydrogens (tertiary/aromatic N) is 2. The van der Waals surface area contributed by atoms with E-state index in [1.165, 1.54) is 20.2 Å². The predicted molar refractivity (Wildman–Crippen MR) is 132 cm³/mol. The van der Waals surface area contributed by atoms with Gasteiger partial charge < -0.3 is 24.3 Å². The average Bonchev–Trinajstić information content (AvgIpc) is 2.89. The maximum atomic E-state index is 13.6. The van der Waals surface area contributed by atoms with Crippen LogP contribution >= 0.6 is 0 Å². The van der Waals surface area contributed by atoms with Crippen LogP contribution in [-0.4, -0.2) is 39.4 Å². The first-order chi connectivity index (χ1) is 17.3. The zero-order chi connectivity index (χ0) is 25.8. The van der Waals surface area contributed by atoms with Crippen molar-refractivity contribution in [2.45, 2.75) is 0 Å². The van der Waals surface area contributed by atoms with Gasteiger partial charge in [-0.05, 0) is 36.4 Å². The molecule has 0 saturated heterocycles. The summed E-state index contributed by atoms with van der Waals surface area (Å²) >= 11 is 0. The highest BCUT2D eigenvalue weighted by Gasteiger charge is 2.17. The van der Waals surface area contributed by atoms with E-state index < -0.39 is 17.7 Å². The lowest BCUT2D eigenvalue weighted by atomic mass is 10.2. The fraction of sp³-hybridized carbons (Fsp3) is 0.154. The van der Waals surface area contributed by atoms with Gasteiger partial charge in [-0.2, -0.15) is 0 Å². The molecule has 0 bridgehead atoms. The molecule has 0 aliphatic heterocycles. The number of amides is 2. The van der Waals surface area contributed by atoms with Crippen molar-refractivity contribution < 1.29 is 32.5 Å². The molecule has 3 aromatic carbocycles. The van der Waals surface area contributed by atoms with Gasteiger partial charge in [-0.15, -0.1) is 0 Å². The summed E-state index contributed by atoms with van der Waals surface area (Å²) in [6.07, 6.45) is 1.61. The molecule has 0 aliphatic rings. The SMILES string of the molecule is COc1cc(Oc2ccnc3cc(OC)c(OC)cc23)ccc1NC(=O)N(C)c1ccc(F)c(F)c1. The molecule has 0 aliphatic carbocycles. The number of anilines is 2. The summed E-state index contributed by atoms with van der Waals surface area (Å²) in [5.41, 5.74) is 1.19. The topological polar surface area (TPSA) is 82.1 Å². The van der Waals surface area contributed by atoms with E-state index in [4.69, 9.17) is 18.9 Å². The van der Waals surface area contributed by atoms with Crippen molar-refractivity contribution in [2.24, 2.45) is 0 Å². The van der Waals surface area contributed by atoms with Crippen LogP contribution in [0.5, 0.6) is 28.7 Å². The first-order valence-corrected chi connectivity index (χ1v) is 10.7. The first kappa shape index (κ1) is 24.5. The molecule has 1 heterocycles. The van der Waals surface area contributed by atoms with Gasteiger partial charge in [0.05, 0.1) is 32.5 Å². The Morgan fingerprint density at radius 3 is 2.25 bits per heavy atom. The second kappa shape index (κ2) is 10.3. The Labute approximate surface area is 206 Å². The van der Waals surface area contributed by atoms with Crippen LogP contribution in [0.2, 0.25) is 0 Å². The highest BCUT2D eigenvalue weighted by molar-refractivity contribution is 6.02. The summed E-state index contributed by atoms with van der Waals surface area (Å²) in [6.45, 7) is 0. The molecule has 36 heavy (non-hydrogen) atoms. The molecule has 4 rings (SSSR count). The molecule has 0 unspecified atom stereocenters. The fourth-order valence-corrected chi connectivity index (χ4v) is 3.51. The van der Waals surface area contributed by atoms with E-state index in [-0.39, 0.29) is 5.69 Å². The molecule has 1 N–H and O–H groups in total. The molecule has 1 aromatic heterocycles. The number of hydrogen-bond donors (Lipinski definition) is 1. The van der Waals surface area contributed by atoms with Crippen LogP contribution in [0.3, 0.4) is 0 Å². The van der Waals surface area contributed by atoms with Gasteiger partial charge >= 0.3 is 6.03 Å². The van der Waals surface area contributed by atoms with E-state index in [9.17, 15) is 13.6 Å². The third-order valence-corrected chi connectivity index (χ3v) is 5.44. The first-order valence-electron chi connectivity index (χ1n) is 10.7. The van der Waals surface area contributed by atoms with Gasteiger partial charge in [-0.25, -0.2) is 13.6 Å². The minimum atomic E-state index is -1.05. The quantitative estimate of drug-likeness (QED) is 0.339. The number of rotatable bonds is 7. The second-order valence-electron chi connectivity index (χ2n) is 7.59. The number of fused-ring (bicyclic) bond motifs is 1. The van der Waals surface area contributed by atoms with Crippen molar-refractivity contribution in [3.05, 3.63) is 72.4 Å². The van der Waals surface area contributed by atoms with Crippen molar-refractivity contribution >= 4 is 28.3 Å². The number of benzene rings is 3. The number of aromatic nitrogens is 1. The minimum Gasteiger partial charge on any atom is -0.494 e. The molecule has 0 spiro atoms. The number of urea groups is 1. The lowest BCUT2D eigenvalue weighted by Crippen LogP contribution is -2.31. The third kappa shape index (κ3) is 4.92. The largest absolute Gasteiger partial charge is 0.494 e. The number of halogens is 2. The zero-order valence-electron chi connectivity index (χ0n) is 20.0. The van der Waals surface area contributed by atoms with Crippen molar-refractivity contribution in [2.75, 3.05) is 38.6 Å². The molecule has 0 saturated carbocycles. The Morgan fingerprint density at radius 2 is 1.56 bits per heavy atom. The van der Waals surface area contributed by atoms with Gasteiger partial charge in [0.1, 0.15) is 17.2 Å². The van der Waals surface area contributed by atoms with Gasteiger partial charge in [0.25, 0.3) is 0 Å². The molecular formula is C26H23F2N3O5. The fourth-order valence-electron chi connectivity index (χ4n) is 3.51. The lowest BCUT2D eigenvalue weighted by Gasteiger charge is -2.19. The average molecular weight is 495 g/mol. The van der Waals surface area contributed by atoms with Gasteiger partial charge in [0.2, 0.25) is 0 Å². The van der Waals surface area contributed by atoms with Crippen molar-refractivity contribution in [1.29, 1.82) is 0 Å². The standard InChI is InChI=1S/C26H23F2N3O5/c1-31(15-5-7-18(27)19(28)11-15)26(32)30-20-8-6-16(12-23(20)33-2)36-22-9-10-29-21-14-25(35-4)24(34-3)13-17(21)22/h5-14H,1-4H3,(H,30,32). The monoisotopic (exact) mass is 495 g/mol. The normalized spacial score (nSPS) is 10.6. The summed E-state index contributed by atoms with van der Waals surface area (Å²) in [4.78, 5) is 18.2. The summed E-state index contributed by atoms with van der Waals surface area (Å²) in [5.74, 6) is 0.333. The van der Waals surface area contributed by atoms with E-state index in [1.54, 1.807) is 56.8 Å². The molecule has 8 nitrogen and oxygen atoms in total. The number of carbonyl (C=O) groups excluding carboxylic acids is 1. The van der Waals surface area contributed by atoms with E-state index in [0.717, 1.165) is 17.0 Å². The second-order valence-corrected chi connectivity index (χ2v) is 7.59. The highest BCUT2D eigenvalue weighted by Crippen LogP contribution is 2.38. The number of pyridine rings is 1. The molecule has 0 radical (unpaired) electrons. The zero-order valence-corrected chi connectivity index (χ0v) is 20.0. The van der Waals surface area contributed by atoms with Crippen LogP contribution in [0.15, 0.2) is 60.8 Å². The summed E-state index contributed by atoms with van der Waals surface area (Å²) in [7, 11) is 5.98.